The molecular formula is C10H8BrNO2S3. The zero-order chi connectivity index (χ0) is 12.5. The van der Waals surface area contributed by atoms with Gasteiger partial charge in [0.1, 0.15) is 4.21 Å². The van der Waals surface area contributed by atoms with Crippen LogP contribution in [-0.4, -0.2) is 8.42 Å². The standard InChI is InChI=1S/C10H8BrNO2S3/c11-7-1-3-8(4-2-7)15-9-5-6-10(16-9)17(12,13)14/h1-6H,(H2,12,13,14). The first-order valence-electron chi connectivity index (χ1n) is 4.51. The summed E-state index contributed by atoms with van der Waals surface area (Å²) in [6.45, 7) is 0. The molecule has 0 fully saturated rings. The van der Waals surface area contributed by atoms with Gasteiger partial charge in [-0.2, -0.15) is 0 Å². The summed E-state index contributed by atoms with van der Waals surface area (Å²) in [5.74, 6) is 0. The van der Waals surface area contributed by atoms with Crippen LogP contribution in [0.15, 0.2) is 54.2 Å². The highest BCUT2D eigenvalue weighted by Gasteiger charge is 2.11. The second-order valence-corrected chi connectivity index (χ2v) is 8.34. The second kappa shape index (κ2) is 5.11. The van der Waals surface area contributed by atoms with E-state index in [9.17, 15) is 8.42 Å². The number of hydrogen-bond donors (Lipinski definition) is 1. The third kappa shape index (κ3) is 3.56. The maximum absolute atomic E-state index is 11.1. The van der Waals surface area contributed by atoms with Crippen molar-refractivity contribution in [1.29, 1.82) is 0 Å². The summed E-state index contributed by atoms with van der Waals surface area (Å²) in [6.07, 6.45) is 0. The molecule has 1 aromatic carbocycles. The largest absolute Gasteiger partial charge is 0.247 e. The van der Waals surface area contributed by atoms with Gasteiger partial charge in [0.15, 0.2) is 0 Å². The average molecular weight is 350 g/mol. The predicted molar refractivity (Wildman–Crippen MR) is 74.0 cm³/mol. The monoisotopic (exact) mass is 349 g/mol. The molecular weight excluding hydrogens is 342 g/mol. The highest BCUT2D eigenvalue weighted by Crippen LogP contribution is 2.35. The molecule has 1 heterocycles. The molecule has 0 amide bonds. The van der Waals surface area contributed by atoms with E-state index in [1.807, 2.05) is 24.3 Å². The van der Waals surface area contributed by atoms with Crippen LogP contribution >= 0.6 is 39.0 Å². The topological polar surface area (TPSA) is 60.2 Å². The summed E-state index contributed by atoms with van der Waals surface area (Å²) in [5.41, 5.74) is 0. The molecule has 2 rings (SSSR count). The highest BCUT2D eigenvalue weighted by molar-refractivity contribution is 9.10. The van der Waals surface area contributed by atoms with Crippen LogP contribution in [0.5, 0.6) is 0 Å². The number of benzene rings is 1. The number of thiophene rings is 1. The quantitative estimate of drug-likeness (QED) is 0.924. The van der Waals surface area contributed by atoms with Crippen molar-refractivity contribution in [2.24, 2.45) is 5.14 Å². The van der Waals surface area contributed by atoms with E-state index in [0.29, 0.717) is 0 Å². The Morgan fingerprint density at radius 3 is 2.29 bits per heavy atom. The van der Waals surface area contributed by atoms with E-state index in [1.54, 1.807) is 6.07 Å². The first-order valence-corrected chi connectivity index (χ1v) is 8.48. The van der Waals surface area contributed by atoms with Crippen molar-refractivity contribution >= 4 is 49.1 Å². The Labute approximate surface area is 116 Å². The lowest BCUT2D eigenvalue weighted by atomic mass is 10.4. The molecule has 0 saturated heterocycles. The van der Waals surface area contributed by atoms with Crippen LogP contribution in [0.25, 0.3) is 0 Å². The van der Waals surface area contributed by atoms with Gasteiger partial charge in [0.2, 0.25) is 10.0 Å². The minimum atomic E-state index is -3.58. The Morgan fingerprint density at radius 1 is 1.12 bits per heavy atom. The summed E-state index contributed by atoms with van der Waals surface area (Å²) < 4.78 is 24.3. The predicted octanol–water partition coefficient (Wildman–Crippen LogP) is 3.31. The van der Waals surface area contributed by atoms with Crippen LogP contribution in [0.4, 0.5) is 0 Å². The zero-order valence-electron chi connectivity index (χ0n) is 8.46. The van der Waals surface area contributed by atoms with Crippen molar-refractivity contribution < 1.29 is 8.42 Å². The Balaban J connectivity index is 2.20. The normalized spacial score (nSPS) is 11.6. The molecule has 0 unspecified atom stereocenters. The molecule has 2 aromatic rings. The van der Waals surface area contributed by atoms with Gasteiger partial charge < -0.3 is 0 Å². The fourth-order valence-electron chi connectivity index (χ4n) is 1.13. The molecule has 7 heteroatoms. The van der Waals surface area contributed by atoms with Crippen molar-refractivity contribution in [2.45, 2.75) is 13.3 Å². The van der Waals surface area contributed by atoms with Gasteiger partial charge in [0.05, 0.1) is 4.21 Å². The van der Waals surface area contributed by atoms with Gasteiger partial charge in [-0.15, -0.1) is 11.3 Å². The second-order valence-electron chi connectivity index (χ2n) is 3.17. The molecule has 0 aliphatic carbocycles. The van der Waals surface area contributed by atoms with Crippen LogP contribution in [-0.2, 0) is 10.0 Å². The lowest BCUT2D eigenvalue weighted by molar-refractivity contribution is 0.600. The molecule has 3 nitrogen and oxygen atoms in total. The molecule has 0 bridgehead atoms. The minimum absolute atomic E-state index is 0.192. The fourth-order valence-corrected chi connectivity index (χ4v) is 4.38. The first kappa shape index (κ1) is 13.1. The summed E-state index contributed by atoms with van der Waals surface area (Å²) in [7, 11) is -3.58. The maximum Gasteiger partial charge on any atom is 0.247 e. The third-order valence-electron chi connectivity index (χ3n) is 1.87. The SMILES string of the molecule is NS(=O)(=O)c1ccc(Sc2ccc(Br)cc2)s1. The van der Waals surface area contributed by atoms with Crippen molar-refractivity contribution in [3.63, 3.8) is 0 Å². The molecule has 1 aromatic heterocycles. The van der Waals surface area contributed by atoms with Crippen LogP contribution in [0.2, 0.25) is 0 Å². The zero-order valence-corrected chi connectivity index (χ0v) is 12.5. The Bertz CT molecular complexity index is 619. The number of primary sulfonamides is 1. The lowest BCUT2D eigenvalue weighted by Gasteiger charge is -1.98. The molecule has 0 aliphatic rings. The van der Waals surface area contributed by atoms with E-state index in [-0.39, 0.29) is 4.21 Å². The van der Waals surface area contributed by atoms with Crippen LogP contribution in [0, 0.1) is 0 Å². The number of hydrogen-bond acceptors (Lipinski definition) is 4. The van der Waals surface area contributed by atoms with Crippen molar-refractivity contribution in [2.75, 3.05) is 0 Å². The Hall–Kier alpha value is -0.340. The summed E-state index contributed by atoms with van der Waals surface area (Å²) in [4.78, 5) is 1.05. The Kier molecular flexibility index (Phi) is 3.94. The third-order valence-corrected chi connectivity index (χ3v) is 6.06. The van der Waals surface area contributed by atoms with Crippen molar-refractivity contribution in [1.82, 2.24) is 0 Å². The van der Waals surface area contributed by atoms with Crippen molar-refractivity contribution in [3.05, 3.63) is 40.9 Å². The smallest absolute Gasteiger partial charge is 0.224 e. The van der Waals surface area contributed by atoms with Gasteiger partial charge in [-0.3, -0.25) is 0 Å². The lowest BCUT2D eigenvalue weighted by Crippen LogP contribution is -2.09. The molecule has 0 saturated carbocycles. The van der Waals surface area contributed by atoms with Crippen LogP contribution < -0.4 is 5.14 Å². The van der Waals surface area contributed by atoms with Crippen LogP contribution in [0.1, 0.15) is 0 Å². The number of rotatable bonds is 3. The minimum Gasteiger partial charge on any atom is -0.224 e. The molecule has 0 aliphatic heterocycles. The fraction of sp³-hybridized carbons (Fsp3) is 0. The summed E-state index contributed by atoms with van der Waals surface area (Å²) in [6, 6.07) is 11.1. The Morgan fingerprint density at radius 2 is 1.76 bits per heavy atom. The van der Waals surface area contributed by atoms with Crippen LogP contribution in [0.3, 0.4) is 0 Å². The first-order chi connectivity index (χ1) is 7.95. The van der Waals surface area contributed by atoms with Gasteiger partial charge in [0.25, 0.3) is 0 Å². The average Bonchev–Trinajstić information content (AvgIpc) is 2.69. The summed E-state index contributed by atoms with van der Waals surface area (Å²) >= 11 is 6.05. The van der Waals surface area contributed by atoms with E-state index in [2.05, 4.69) is 15.9 Å². The molecule has 0 radical (unpaired) electrons. The van der Waals surface area contributed by atoms with Gasteiger partial charge in [-0.25, -0.2) is 13.6 Å². The van der Waals surface area contributed by atoms with E-state index in [1.165, 1.54) is 29.2 Å². The molecule has 90 valence electrons. The number of nitrogens with two attached hydrogens (primary N) is 1. The highest BCUT2D eigenvalue weighted by atomic mass is 79.9. The van der Waals surface area contributed by atoms with Gasteiger partial charge >= 0.3 is 0 Å². The molecule has 2 N–H and O–H groups in total. The van der Waals surface area contributed by atoms with E-state index < -0.39 is 10.0 Å². The number of sulfonamides is 1. The van der Waals surface area contributed by atoms with Gasteiger partial charge in [-0.05, 0) is 36.4 Å². The van der Waals surface area contributed by atoms with Gasteiger partial charge in [-0.1, -0.05) is 27.7 Å². The molecule has 0 atom stereocenters. The number of halogens is 1. The summed E-state index contributed by atoms with van der Waals surface area (Å²) in [5, 5.41) is 5.05. The van der Waals surface area contributed by atoms with E-state index >= 15 is 0 Å². The van der Waals surface area contributed by atoms with Crippen molar-refractivity contribution in [3.8, 4) is 0 Å². The van der Waals surface area contributed by atoms with E-state index in [0.717, 1.165) is 13.6 Å². The molecule has 0 spiro atoms. The molecule has 17 heavy (non-hydrogen) atoms. The van der Waals surface area contributed by atoms with Gasteiger partial charge in [0, 0.05) is 9.37 Å². The maximum atomic E-state index is 11.1. The van der Waals surface area contributed by atoms with E-state index in [4.69, 9.17) is 5.14 Å².